The first-order valence-electron chi connectivity index (χ1n) is 10.8. The molecule has 1 aromatic carbocycles. The number of rotatable bonds is 8. The number of hydrogen-bond donors (Lipinski definition) is 1. The van der Waals surface area contributed by atoms with Gasteiger partial charge in [0.05, 0.1) is 30.5 Å². The van der Waals surface area contributed by atoms with Gasteiger partial charge in [0.25, 0.3) is 5.91 Å². The molecule has 0 aliphatic heterocycles. The number of carbonyl (C=O) groups is 2. The third-order valence-corrected chi connectivity index (χ3v) is 5.23. The van der Waals surface area contributed by atoms with Crippen LogP contribution in [0, 0.1) is 0 Å². The summed E-state index contributed by atoms with van der Waals surface area (Å²) in [7, 11) is 3.19. The number of primary amides is 1. The highest BCUT2D eigenvalue weighted by Gasteiger charge is 2.22. The minimum absolute atomic E-state index is 0.278. The highest BCUT2D eigenvalue weighted by Crippen LogP contribution is 2.35. The fraction of sp³-hybridized carbons (Fsp3) is 0.240. The Morgan fingerprint density at radius 1 is 1.12 bits per heavy atom. The van der Waals surface area contributed by atoms with E-state index in [2.05, 4.69) is 4.98 Å². The van der Waals surface area contributed by atoms with Crippen molar-refractivity contribution in [1.29, 1.82) is 0 Å². The molecule has 0 saturated carbocycles. The van der Waals surface area contributed by atoms with Crippen molar-refractivity contribution in [3.8, 4) is 17.4 Å². The average molecular weight is 463 g/mol. The Kier molecular flexibility index (Phi) is 6.53. The fourth-order valence-electron chi connectivity index (χ4n) is 3.68. The second kappa shape index (κ2) is 9.70. The number of carbonyl (C=O) groups excluding carboxylic acids is 2. The first kappa shape index (κ1) is 22.9. The van der Waals surface area contributed by atoms with Gasteiger partial charge in [-0.15, -0.1) is 0 Å². The molecule has 4 rings (SSSR count). The van der Waals surface area contributed by atoms with Crippen molar-refractivity contribution in [2.45, 2.75) is 13.3 Å². The topological polar surface area (TPSA) is 108 Å². The van der Waals surface area contributed by atoms with Gasteiger partial charge in [-0.2, -0.15) is 0 Å². The Hall–Kier alpha value is -4.27. The maximum Gasteiger partial charge on any atom is 0.414 e. The first-order valence-corrected chi connectivity index (χ1v) is 10.8. The molecule has 0 aliphatic carbocycles. The lowest BCUT2D eigenvalue weighted by Gasteiger charge is -2.14. The molecule has 0 saturated heterocycles. The Morgan fingerprint density at radius 2 is 1.91 bits per heavy atom. The number of nitrogens with zero attached hydrogens (tertiary/aromatic N) is 3. The average Bonchev–Trinajstić information content (AvgIpc) is 3.15. The van der Waals surface area contributed by atoms with Crippen molar-refractivity contribution in [3.05, 3.63) is 66.0 Å². The van der Waals surface area contributed by atoms with Crippen LogP contribution >= 0.6 is 0 Å². The van der Waals surface area contributed by atoms with Gasteiger partial charge in [0.15, 0.2) is 5.75 Å². The van der Waals surface area contributed by atoms with E-state index in [0.29, 0.717) is 47.7 Å². The largest absolute Gasteiger partial charge is 0.491 e. The number of hydrogen-bond acceptors (Lipinski definition) is 6. The number of pyridine rings is 2. The molecule has 0 aliphatic rings. The monoisotopic (exact) mass is 462 g/mol. The zero-order chi connectivity index (χ0) is 24.2. The van der Waals surface area contributed by atoms with E-state index in [1.807, 2.05) is 43.3 Å². The van der Waals surface area contributed by atoms with E-state index in [0.717, 1.165) is 11.1 Å². The van der Waals surface area contributed by atoms with Crippen LogP contribution in [0.4, 0.5) is 4.79 Å². The zero-order valence-corrected chi connectivity index (χ0v) is 19.3. The third kappa shape index (κ3) is 4.59. The maximum atomic E-state index is 12.4. The van der Waals surface area contributed by atoms with Gasteiger partial charge in [-0.25, -0.2) is 9.78 Å². The van der Waals surface area contributed by atoms with Crippen LogP contribution in [0.2, 0.25) is 0 Å². The van der Waals surface area contributed by atoms with Crippen LogP contribution in [0.15, 0.2) is 54.9 Å². The Balaban J connectivity index is 1.72. The van der Waals surface area contributed by atoms with Crippen molar-refractivity contribution < 1.29 is 23.8 Å². The molecule has 0 spiro atoms. The van der Waals surface area contributed by atoms with Gasteiger partial charge < -0.3 is 29.2 Å². The van der Waals surface area contributed by atoms with Crippen molar-refractivity contribution in [2.75, 3.05) is 27.3 Å². The predicted molar refractivity (Wildman–Crippen MR) is 128 cm³/mol. The molecule has 34 heavy (non-hydrogen) atoms. The number of benzene rings is 1. The van der Waals surface area contributed by atoms with Crippen molar-refractivity contribution >= 4 is 28.4 Å². The first-order chi connectivity index (χ1) is 16.4. The second-order valence-electron chi connectivity index (χ2n) is 7.81. The summed E-state index contributed by atoms with van der Waals surface area (Å²) in [6, 6.07) is 12.7. The summed E-state index contributed by atoms with van der Waals surface area (Å²) in [5, 5.41) is 0.687. The van der Waals surface area contributed by atoms with Crippen LogP contribution in [0.5, 0.6) is 17.4 Å². The number of ether oxygens (including phenoxy) is 3. The standard InChI is InChI=1S/C25H26N4O5/c1-4-32-21-10-9-16(14-27-21)11-12-33-20-13-17(34-25(31)28(2)3)15-29-19-8-6-5-7-18(19)22(23(20)29)24(26)30/h5-10,13-15H,4,11-12H2,1-3H3,(H2,26,30). The molecule has 2 amide bonds. The summed E-state index contributed by atoms with van der Waals surface area (Å²) in [5.74, 6) is 0.654. The van der Waals surface area contributed by atoms with Crippen molar-refractivity contribution in [2.24, 2.45) is 5.73 Å². The molecule has 0 fully saturated rings. The number of fused-ring (bicyclic) bond motifs is 3. The Morgan fingerprint density at radius 3 is 2.59 bits per heavy atom. The zero-order valence-electron chi connectivity index (χ0n) is 19.3. The molecule has 3 aromatic heterocycles. The Labute approximate surface area is 196 Å². The smallest absolute Gasteiger partial charge is 0.414 e. The van der Waals surface area contributed by atoms with Crippen LogP contribution in [-0.4, -0.2) is 53.6 Å². The molecule has 0 radical (unpaired) electrons. The summed E-state index contributed by atoms with van der Waals surface area (Å²) in [6.07, 6.45) is 3.42. The molecule has 0 unspecified atom stereocenters. The van der Waals surface area contributed by atoms with E-state index in [4.69, 9.17) is 19.9 Å². The third-order valence-electron chi connectivity index (χ3n) is 5.23. The molecular weight excluding hydrogens is 436 g/mol. The highest BCUT2D eigenvalue weighted by molar-refractivity contribution is 6.14. The van der Waals surface area contributed by atoms with Gasteiger partial charge in [0.1, 0.15) is 11.3 Å². The lowest BCUT2D eigenvalue weighted by atomic mass is 10.1. The van der Waals surface area contributed by atoms with Crippen LogP contribution in [0.25, 0.3) is 16.4 Å². The normalized spacial score (nSPS) is 10.9. The lowest BCUT2D eigenvalue weighted by molar-refractivity contribution is 0.100. The molecule has 9 nitrogen and oxygen atoms in total. The summed E-state index contributed by atoms with van der Waals surface area (Å²) in [6.45, 7) is 2.75. The minimum Gasteiger partial charge on any atom is -0.491 e. The quantitative estimate of drug-likeness (QED) is 0.428. The van der Waals surface area contributed by atoms with Gasteiger partial charge in [0, 0.05) is 44.2 Å². The van der Waals surface area contributed by atoms with Crippen LogP contribution in [0.1, 0.15) is 22.8 Å². The van der Waals surface area contributed by atoms with Crippen LogP contribution in [-0.2, 0) is 6.42 Å². The van der Waals surface area contributed by atoms with Gasteiger partial charge >= 0.3 is 6.09 Å². The van der Waals surface area contributed by atoms with Crippen LogP contribution in [0.3, 0.4) is 0 Å². The van der Waals surface area contributed by atoms with Crippen LogP contribution < -0.4 is 19.9 Å². The predicted octanol–water partition coefficient (Wildman–Crippen LogP) is 3.67. The van der Waals surface area contributed by atoms with E-state index in [-0.39, 0.29) is 5.75 Å². The molecule has 2 N–H and O–H groups in total. The highest BCUT2D eigenvalue weighted by atomic mass is 16.6. The van der Waals surface area contributed by atoms with Gasteiger partial charge in [-0.3, -0.25) is 4.79 Å². The number of nitrogens with two attached hydrogens (primary N) is 1. The summed E-state index contributed by atoms with van der Waals surface area (Å²) >= 11 is 0. The van der Waals surface area contributed by atoms with Crippen molar-refractivity contribution in [1.82, 2.24) is 14.3 Å². The SMILES string of the molecule is CCOc1ccc(CCOc2cc(OC(=O)N(C)C)cn3c2c(C(N)=O)c2ccccc23)cn1. The van der Waals surface area contributed by atoms with E-state index in [9.17, 15) is 9.59 Å². The molecule has 176 valence electrons. The lowest BCUT2D eigenvalue weighted by Crippen LogP contribution is -2.25. The molecule has 9 heteroatoms. The van der Waals surface area contributed by atoms with Crippen molar-refractivity contribution in [3.63, 3.8) is 0 Å². The summed E-state index contributed by atoms with van der Waals surface area (Å²) in [4.78, 5) is 30.2. The van der Waals surface area contributed by atoms with E-state index in [1.165, 1.54) is 4.90 Å². The molecule has 0 bridgehead atoms. The molecule has 4 aromatic rings. The van der Waals surface area contributed by atoms with E-state index >= 15 is 0 Å². The minimum atomic E-state index is -0.572. The second-order valence-corrected chi connectivity index (χ2v) is 7.81. The molecule has 0 atom stereocenters. The summed E-state index contributed by atoms with van der Waals surface area (Å²) < 4.78 is 18.7. The fourth-order valence-corrected chi connectivity index (χ4v) is 3.68. The number of aromatic nitrogens is 2. The van der Waals surface area contributed by atoms with E-state index in [1.54, 1.807) is 37.0 Å². The molecule has 3 heterocycles. The van der Waals surface area contributed by atoms with Gasteiger partial charge in [0.2, 0.25) is 5.88 Å². The summed E-state index contributed by atoms with van der Waals surface area (Å²) in [5.41, 5.74) is 8.33. The maximum absolute atomic E-state index is 12.4. The Bertz CT molecular complexity index is 1350. The number of amides is 2. The molecular formula is C25H26N4O5. The van der Waals surface area contributed by atoms with Gasteiger partial charge in [-0.1, -0.05) is 24.3 Å². The van der Waals surface area contributed by atoms with Gasteiger partial charge in [-0.05, 0) is 18.6 Å². The van der Waals surface area contributed by atoms with E-state index < -0.39 is 12.0 Å². The number of para-hydroxylation sites is 1.